The number of likely N-dealkylation sites (N-methyl/N-ethyl adjacent to an activating group) is 1. The molecule has 0 bridgehead atoms. The smallest absolute Gasteiger partial charge is 0.248 e. The molecule has 0 saturated carbocycles. The highest BCUT2D eigenvalue weighted by Crippen LogP contribution is 2.24. The van der Waals surface area contributed by atoms with Gasteiger partial charge in [0.25, 0.3) is 0 Å². The van der Waals surface area contributed by atoms with Gasteiger partial charge in [0.15, 0.2) is 0 Å². The number of aryl methyl sites for hydroxylation is 1. The molecule has 0 atom stereocenters. The molecule has 6 nitrogen and oxygen atoms in total. The number of nitrogens with one attached hydrogen (secondary N) is 1. The van der Waals surface area contributed by atoms with E-state index in [0.717, 1.165) is 22.4 Å². The summed E-state index contributed by atoms with van der Waals surface area (Å²) >= 11 is 0. The Morgan fingerprint density at radius 2 is 1.72 bits per heavy atom. The Balaban J connectivity index is 1.64. The Kier molecular flexibility index (Phi) is 7.54. The fourth-order valence-electron chi connectivity index (χ4n) is 3.46. The molecule has 1 aromatic heterocycles. The monoisotopic (exact) mass is 434 g/mol. The first-order valence-electron chi connectivity index (χ1n) is 10.5. The Hall–Kier alpha value is -3.74. The Morgan fingerprint density at radius 1 is 1.06 bits per heavy atom. The van der Waals surface area contributed by atoms with Crippen molar-refractivity contribution in [2.45, 2.75) is 20.3 Å². The predicted molar refractivity (Wildman–Crippen MR) is 124 cm³/mol. The van der Waals surface area contributed by atoms with Crippen molar-refractivity contribution in [3.8, 4) is 11.3 Å². The van der Waals surface area contributed by atoms with Crippen molar-refractivity contribution in [3.05, 3.63) is 77.7 Å². The third-order valence-corrected chi connectivity index (χ3v) is 5.19. The lowest BCUT2D eigenvalue weighted by atomic mass is 10.1. The molecule has 0 spiro atoms. The van der Waals surface area contributed by atoms with Gasteiger partial charge in [0, 0.05) is 43.0 Å². The summed E-state index contributed by atoms with van der Waals surface area (Å²) in [5.74, 6) is -0.509. The van der Waals surface area contributed by atoms with E-state index < -0.39 is 0 Å². The molecule has 0 fully saturated rings. The van der Waals surface area contributed by atoms with Crippen LogP contribution < -0.4 is 5.32 Å². The second kappa shape index (κ2) is 10.5. The molecule has 0 aliphatic carbocycles. The van der Waals surface area contributed by atoms with Gasteiger partial charge in [-0.05, 0) is 61.9 Å². The van der Waals surface area contributed by atoms with Crippen molar-refractivity contribution in [2.75, 3.05) is 18.4 Å². The maximum atomic E-state index is 13.2. The van der Waals surface area contributed by atoms with Gasteiger partial charge in [-0.3, -0.25) is 14.3 Å². The van der Waals surface area contributed by atoms with E-state index in [1.165, 1.54) is 18.2 Å². The highest BCUT2D eigenvalue weighted by molar-refractivity contribution is 6.02. The molecular formula is C25H27FN4O2. The number of benzene rings is 2. The quantitative estimate of drug-likeness (QED) is 0.538. The lowest BCUT2D eigenvalue weighted by molar-refractivity contribution is -0.130. The number of anilines is 1. The number of halogens is 1. The van der Waals surface area contributed by atoms with E-state index in [0.29, 0.717) is 25.2 Å². The van der Waals surface area contributed by atoms with E-state index in [1.54, 1.807) is 53.2 Å². The summed E-state index contributed by atoms with van der Waals surface area (Å²) in [5.41, 5.74) is 3.88. The fraction of sp³-hybridized carbons (Fsp3) is 0.240. The zero-order valence-electron chi connectivity index (χ0n) is 18.5. The van der Waals surface area contributed by atoms with Gasteiger partial charge in [-0.15, -0.1) is 0 Å². The van der Waals surface area contributed by atoms with Crippen molar-refractivity contribution < 1.29 is 14.0 Å². The molecule has 0 saturated heterocycles. The number of rotatable bonds is 8. The van der Waals surface area contributed by atoms with E-state index in [9.17, 15) is 14.0 Å². The summed E-state index contributed by atoms with van der Waals surface area (Å²) in [6, 6.07) is 13.4. The zero-order valence-corrected chi connectivity index (χ0v) is 18.5. The number of hydrogen-bond donors (Lipinski definition) is 1. The van der Waals surface area contributed by atoms with Crippen molar-refractivity contribution in [3.63, 3.8) is 0 Å². The van der Waals surface area contributed by atoms with Crippen LogP contribution in [0.5, 0.6) is 0 Å². The van der Waals surface area contributed by atoms with Crippen LogP contribution in [0.2, 0.25) is 0 Å². The first-order valence-corrected chi connectivity index (χ1v) is 10.5. The summed E-state index contributed by atoms with van der Waals surface area (Å²) in [7, 11) is 1.79. The molecule has 32 heavy (non-hydrogen) atoms. The van der Waals surface area contributed by atoms with E-state index in [-0.39, 0.29) is 17.6 Å². The first-order chi connectivity index (χ1) is 15.4. The maximum absolute atomic E-state index is 13.2. The molecule has 7 heteroatoms. The van der Waals surface area contributed by atoms with Gasteiger partial charge in [-0.25, -0.2) is 4.39 Å². The molecular weight excluding hydrogens is 407 g/mol. The average molecular weight is 435 g/mol. The first kappa shape index (κ1) is 22.9. The number of amides is 2. The highest BCUT2D eigenvalue weighted by atomic mass is 19.1. The van der Waals surface area contributed by atoms with Crippen molar-refractivity contribution in [2.24, 2.45) is 7.05 Å². The fourth-order valence-corrected chi connectivity index (χ4v) is 3.46. The van der Waals surface area contributed by atoms with E-state index >= 15 is 0 Å². The summed E-state index contributed by atoms with van der Waals surface area (Å²) in [6.07, 6.45) is 5.10. The van der Waals surface area contributed by atoms with Crippen LogP contribution in [-0.2, 0) is 23.1 Å². The third kappa shape index (κ3) is 5.69. The number of hydrogen-bond acceptors (Lipinski definition) is 3. The molecule has 2 aromatic carbocycles. The predicted octanol–water partition coefficient (Wildman–Crippen LogP) is 4.29. The van der Waals surface area contributed by atoms with Crippen LogP contribution in [0.25, 0.3) is 17.3 Å². The molecule has 166 valence electrons. The third-order valence-electron chi connectivity index (χ3n) is 5.19. The molecule has 0 unspecified atom stereocenters. The van der Waals surface area contributed by atoms with Crippen LogP contribution in [-0.4, -0.2) is 39.6 Å². The molecule has 3 aromatic rings. The van der Waals surface area contributed by atoms with E-state index in [1.807, 2.05) is 26.0 Å². The largest absolute Gasteiger partial charge is 0.343 e. The molecule has 0 aliphatic rings. The van der Waals surface area contributed by atoms with Crippen molar-refractivity contribution in [1.29, 1.82) is 0 Å². The molecule has 0 radical (unpaired) electrons. The molecule has 0 aliphatic heterocycles. The van der Waals surface area contributed by atoms with E-state index in [4.69, 9.17) is 0 Å². The van der Waals surface area contributed by atoms with Gasteiger partial charge < -0.3 is 10.2 Å². The second-order valence-corrected chi connectivity index (χ2v) is 7.34. The van der Waals surface area contributed by atoms with Gasteiger partial charge in [0.2, 0.25) is 11.8 Å². The van der Waals surface area contributed by atoms with Crippen LogP contribution in [0.15, 0.2) is 60.8 Å². The zero-order chi connectivity index (χ0) is 23.1. The lowest BCUT2D eigenvalue weighted by Gasteiger charge is -2.18. The molecule has 3 rings (SSSR count). The molecule has 1 heterocycles. The van der Waals surface area contributed by atoms with Gasteiger partial charge in [-0.1, -0.05) is 12.1 Å². The van der Waals surface area contributed by atoms with E-state index in [2.05, 4.69) is 10.4 Å². The van der Waals surface area contributed by atoms with Crippen LogP contribution >= 0.6 is 0 Å². The summed E-state index contributed by atoms with van der Waals surface area (Å²) in [4.78, 5) is 26.4. The summed E-state index contributed by atoms with van der Waals surface area (Å²) in [5, 5.41) is 7.06. The van der Waals surface area contributed by atoms with Gasteiger partial charge in [0.1, 0.15) is 5.82 Å². The van der Waals surface area contributed by atoms with Crippen LogP contribution in [0.4, 0.5) is 10.1 Å². The average Bonchev–Trinajstić information content (AvgIpc) is 3.15. The minimum Gasteiger partial charge on any atom is -0.343 e. The maximum Gasteiger partial charge on any atom is 0.248 e. The van der Waals surface area contributed by atoms with Crippen molar-refractivity contribution >= 4 is 23.6 Å². The molecule has 1 N–H and O–H groups in total. The normalized spacial score (nSPS) is 11.0. The van der Waals surface area contributed by atoms with Gasteiger partial charge in [0.05, 0.1) is 18.3 Å². The van der Waals surface area contributed by atoms with Crippen LogP contribution in [0, 0.1) is 5.82 Å². The van der Waals surface area contributed by atoms with Crippen LogP contribution in [0.1, 0.15) is 25.0 Å². The highest BCUT2D eigenvalue weighted by Gasteiger charge is 2.11. The SMILES string of the molecule is CCN(CC)C(=O)Cc1ccc(NC(=O)/C=C/c2cnn(C)c2-c2ccc(F)cc2)cc1. The minimum absolute atomic E-state index is 0.0862. The molecule has 2 amide bonds. The number of nitrogens with zero attached hydrogens (tertiary/aromatic N) is 3. The second-order valence-electron chi connectivity index (χ2n) is 7.34. The summed E-state index contributed by atoms with van der Waals surface area (Å²) in [6.45, 7) is 5.30. The standard InChI is InChI=1S/C25H27FN4O2/c1-4-30(5-2)24(32)16-18-6-13-22(14-7-18)28-23(31)15-10-20-17-27-29(3)25(20)19-8-11-21(26)12-9-19/h6-15,17H,4-5,16H2,1-3H3,(H,28,31)/b15-10+. The number of carbonyl (C=O) groups is 2. The minimum atomic E-state index is -0.309. The number of carbonyl (C=O) groups excluding carboxylic acids is 2. The van der Waals surface area contributed by atoms with Crippen molar-refractivity contribution in [1.82, 2.24) is 14.7 Å². The van der Waals surface area contributed by atoms with Crippen LogP contribution in [0.3, 0.4) is 0 Å². The lowest BCUT2D eigenvalue weighted by Crippen LogP contribution is -2.31. The number of aromatic nitrogens is 2. The Morgan fingerprint density at radius 3 is 2.34 bits per heavy atom. The van der Waals surface area contributed by atoms with Gasteiger partial charge >= 0.3 is 0 Å². The topological polar surface area (TPSA) is 67.2 Å². The Bertz CT molecular complexity index is 1100. The Labute approximate surface area is 187 Å². The summed E-state index contributed by atoms with van der Waals surface area (Å²) < 4.78 is 14.9. The van der Waals surface area contributed by atoms with Gasteiger partial charge in [-0.2, -0.15) is 5.10 Å².